The Hall–Kier alpha value is -3.07. The predicted octanol–water partition coefficient (Wildman–Crippen LogP) is 3.12. The molecule has 0 fully saturated rings. The van der Waals surface area contributed by atoms with Gasteiger partial charge in [-0.25, -0.2) is 9.07 Å². The normalized spacial score (nSPS) is 11.9. The molecule has 7 nitrogen and oxygen atoms in total. The Labute approximate surface area is 172 Å². The average Bonchev–Trinajstić information content (AvgIpc) is 3.11. The summed E-state index contributed by atoms with van der Waals surface area (Å²) in [5.41, 5.74) is 1.65. The first-order valence-electron chi connectivity index (χ1n) is 8.89. The molecule has 2 aromatic carbocycles. The van der Waals surface area contributed by atoms with Gasteiger partial charge in [0.1, 0.15) is 11.6 Å². The second-order valence-electron chi connectivity index (χ2n) is 6.43. The van der Waals surface area contributed by atoms with E-state index in [4.69, 9.17) is 10.6 Å². The fourth-order valence-electron chi connectivity index (χ4n) is 2.72. The van der Waals surface area contributed by atoms with Crippen molar-refractivity contribution in [2.75, 3.05) is 25.8 Å². The van der Waals surface area contributed by atoms with Crippen LogP contribution in [-0.4, -0.2) is 45.6 Å². The minimum atomic E-state index is -0.305. The lowest BCUT2D eigenvalue weighted by atomic mass is 10.1. The number of amides is 1. The van der Waals surface area contributed by atoms with Gasteiger partial charge in [0.2, 0.25) is 11.1 Å². The van der Waals surface area contributed by atoms with E-state index in [9.17, 15) is 9.18 Å². The molecule has 0 radical (unpaired) electrons. The molecular weight excluding hydrogens is 393 g/mol. The summed E-state index contributed by atoms with van der Waals surface area (Å²) in [6, 6.07) is 13.2. The van der Waals surface area contributed by atoms with Crippen LogP contribution in [0.3, 0.4) is 0 Å². The number of halogens is 1. The van der Waals surface area contributed by atoms with E-state index < -0.39 is 0 Å². The highest BCUT2D eigenvalue weighted by Crippen LogP contribution is 2.25. The second kappa shape index (κ2) is 8.95. The molecule has 1 heterocycles. The highest BCUT2D eigenvalue weighted by molar-refractivity contribution is 7.99. The number of nitrogens with zero attached hydrogens (tertiary/aromatic N) is 4. The molecule has 0 aliphatic carbocycles. The number of thioether (sulfide) groups is 1. The van der Waals surface area contributed by atoms with Crippen LogP contribution in [0.25, 0.3) is 11.4 Å². The Bertz CT molecular complexity index is 976. The van der Waals surface area contributed by atoms with Crippen molar-refractivity contribution in [3.63, 3.8) is 0 Å². The Morgan fingerprint density at radius 1 is 1.21 bits per heavy atom. The number of aromatic nitrogens is 3. The molecule has 0 aliphatic heterocycles. The summed E-state index contributed by atoms with van der Waals surface area (Å²) in [5, 5.41) is 8.64. The quantitative estimate of drug-likeness (QED) is 0.471. The van der Waals surface area contributed by atoms with Gasteiger partial charge in [-0.1, -0.05) is 23.9 Å². The fraction of sp³-hybridized carbons (Fsp3) is 0.250. The van der Waals surface area contributed by atoms with Crippen molar-refractivity contribution in [3.05, 3.63) is 59.9 Å². The molecule has 9 heteroatoms. The third-order valence-electron chi connectivity index (χ3n) is 4.66. The standard InChI is InChI=1S/C20H22FN5O2S/c1-13(14-4-8-16(21)9-5-14)25(2)18(27)12-29-20-24-23-19(26(20)22)15-6-10-17(28-3)11-7-15/h4-11,13H,12,22H2,1-3H3. The van der Waals surface area contributed by atoms with Crippen LogP contribution >= 0.6 is 11.8 Å². The van der Waals surface area contributed by atoms with Gasteiger partial charge in [-0.3, -0.25) is 4.79 Å². The van der Waals surface area contributed by atoms with E-state index in [0.29, 0.717) is 11.0 Å². The first kappa shape index (κ1) is 20.7. The number of carbonyl (C=O) groups excluding carboxylic acids is 1. The van der Waals surface area contributed by atoms with Gasteiger partial charge in [-0.05, 0) is 48.9 Å². The largest absolute Gasteiger partial charge is 0.497 e. The van der Waals surface area contributed by atoms with Gasteiger partial charge in [0.25, 0.3) is 0 Å². The molecule has 1 aromatic heterocycles. The molecule has 0 spiro atoms. The number of nitrogen functional groups attached to an aromatic ring is 1. The molecule has 0 bridgehead atoms. The van der Waals surface area contributed by atoms with E-state index in [0.717, 1.165) is 16.9 Å². The number of nitrogens with two attached hydrogens (primary N) is 1. The second-order valence-corrected chi connectivity index (χ2v) is 7.37. The zero-order valence-electron chi connectivity index (χ0n) is 16.4. The predicted molar refractivity (Wildman–Crippen MR) is 110 cm³/mol. The van der Waals surface area contributed by atoms with Gasteiger partial charge in [-0.2, -0.15) is 0 Å². The molecule has 152 valence electrons. The lowest BCUT2D eigenvalue weighted by Crippen LogP contribution is -2.31. The Morgan fingerprint density at radius 2 is 1.86 bits per heavy atom. The zero-order chi connectivity index (χ0) is 21.0. The number of rotatable bonds is 7. The summed E-state index contributed by atoms with van der Waals surface area (Å²) in [7, 11) is 3.31. The number of ether oxygens (including phenoxy) is 1. The summed E-state index contributed by atoms with van der Waals surface area (Å²) < 4.78 is 19.6. The van der Waals surface area contributed by atoms with Crippen molar-refractivity contribution >= 4 is 17.7 Å². The van der Waals surface area contributed by atoms with Crippen LogP contribution in [0.2, 0.25) is 0 Å². The molecule has 3 rings (SSSR count). The third-order valence-corrected chi connectivity index (χ3v) is 5.59. The summed E-state index contributed by atoms with van der Waals surface area (Å²) in [4.78, 5) is 14.2. The van der Waals surface area contributed by atoms with Crippen LogP contribution in [0.4, 0.5) is 4.39 Å². The Morgan fingerprint density at radius 3 is 2.48 bits per heavy atom. The molecule has 1 atom stereocenters. The van der Waals surface area contributed by atoms with Crippen LogP contribution in [0.1, 0.15) is 18.5 Å². The van der Waals surface area contributed by atoms with Gasteiger partial charge >= 0.3 is 0 Å². The molecule has 1 unspecified atom stereocenters. The molecule has 0 saturated carbocycles. The molecule has 3 aromatic rings. The van der Waals surface area contributed by atoms with E-state index in [1.165, 1.54) is 28.6 Å². The minimum absolute atomic E-state index is 0.0965. The number of hydrogen-bond acceptors (Lipinski definition) is 6. The smallest absolute Gasteiger partial charge is 0.233 e. The summed E-state index contributed by atoms with van der Waals surface area (Å²) in [5.74, 6) is 7.09. The van der Waals surface area contributed by atoms with Crippen molar-refractivity contribution in [3.8, 4) is 17.1 Å². The highest BCUT2D eigenvalue weighted by atomic mass is 32.2. The molecule has 0 saturated heterocycles. The summed E-state index contributed by atoms with van der Waals surface area (Å²) >= 11 is 1.21. The molecule has 0 aliphatic rings. The maximum absolute atomic E-state index is 13.1. The van der Waals surface area contributed by atoms with Crippen molar-refractivity contribution in [2.45, 2.75) is 18.1 Å². The number of methoxy groups -OCH3 is 1. The molecule has 2 N–H and O–H groups in total. The average molecular weight is 415 g/mol. The van der Waals surface area contributed by atoms with E-state index in [2.05, 4.69) is 10.2 Å². The van der Waals surface area contributed by atoms with E-state index in [-0.39, 0.29) is 23.5 Å². The van der Waals surface area contributed by atoms with E-state index in [1.54, 1.807) is 31.2 Å². The molecule has 1 amide bonds. The monoisotopic (exact) mass is 415 g/mol. The van der Waals surface area contributed by atoms with Gasteiger partial charge in [0.05, 0.1) is 18.9 Å². The van der Waals surface area contributed by atoms with Gasteiger partial charge in [0, 0.05) is 12.6 Å². The lowest BCUT2D eigenvalue weighted by molar-refractivity contribution is -0.128. The fourth-order valence-corrected chi connectivity index (χ4v) is 3.50. The SMILES string of the molecule is COc1ccc(-c2nnc(SCC(=O)N(C)C(C)c3ccc(F)cc3)n2N)cc1. The Kier molecular flexibility index (Phi) is 6.38. The van der Waals surface area contributed by atoms with Crippen LogP contribution in [-0.2, 0) is 4.79 Å². The summed E-state index contributed by atoms with van der Waals surface area (Å²) in [6.45, 7) is 1.89. The van der Waals surface area contributed by atoms with Crippen molar-refractivity contribution in [1.29, 1.82) is 0 Å². The maximum atomic E-state index is 13.1. The number of carbonyl (C=O) groups is 1. The highest BCUT2D eigenvalue weighted by Gasteiger charge is 2.19. The van der Waals surface area contributed by atoms with Crippen LogP contribution < -0.4 is 10.6 Å². The minimum Gasteiger partial charge on any atom is -0.497 e. The first-order chi connectivity index (χ1) is 13.9. The molecular formula is C20H22FN5O2S. The Balaban J connectivity index is 1.64. The summed E-state index contributed by atoms with van der Waals surface area (Å²) in [6.07, 6.45) is 0. The third kappa shape index (κ3) is 4.68. The van der Waals surface area contributed by atoms with Gasteiger partial charge in [-0.15, -0.1) is 10.2 Å². The van der Waals surface area contributed by atoms with Crippen molar-refractivity contribution in [2.24, 2.45) is 0 Å². The zero-order valence-corrected chi connectivity index (χ0v) is 17.2. The van der Waals surface area contributed by atoms with Crippen molar-refractivity contribution in [1.82, 2.24) is 19.8 Å². The van der Waals surface area contributed by atoms with Crippen LogP contribution in [0.15, 0.2) is 53.7 Å². The first-order valence-corrected chi connectivity index (χ1v) is 9.88. The van der Waals surface area contributed by atoms with E-state index >= 15 is 0 Å². The van der Waals surface area contributed by atoms with Crippen molar-refractivity contribution < 1.29 is 13.9 Å². The van der Waals surface area contributed by atoms with Gasteiger partial charge < -0.3 is 15.5 Å². The van der Waals surface area contributed by atoms with Crippen LogP contribution in [0, 0.1) is 5.82 Å². The number of benzene rings is 2. The van der Waals surface area contributed by atoms with Crippen LogP contribution in [0.5, 0.6) is 5.75 Å². The molecule has 29 heavy (non-hydrogen) atoms. The van der Waals surface area contributed by atoms with E-state index in [1.807, 2.05) is 31.2 Å². The number of hydrogen-bond donors (Lipinski definition) is 1. The van der Waals surface area contributed by atoms with Gasteiger partial charge in [0.15, 0.2) is 5.82 Å². The topological polar surface area (TPSA) is 86.3 Å². The maximum Gasteiger partial charge on any atom is 0.233 e. The lowest BCUT2D eigenvalue weighted by Gasteiger charge is -2.25.